The molecule has 0 aliphatic heterocycles. The third-order valence-corrected chi connectivity index (χ3v) is 4.08. The van der Waals surface area contributed by atoms with Gasteiger partial charge in [0.05, 0.1) is 12.1 Å². The molecular weight excluding hydrogens is 272 g/mol. The summed E-state index contributed by atoms with van der Waals surface area (Å²) in [6, 6.07) is 4.08. The highest BCUT2D eigenvalue weighted by Gasteiger charge is 2.11. The molecule has 4 heteroatoms. The van der Waals surface area contributed by atoms with Gasteiger partial charge in [-0.2, -0.15) is 0 Å². The lowest BCUT2D eigenvalue weighted by Crippen LogP contribution is -2.27. The standard InChI is InChI=1S/C16H27ClN2O/c1-6-19(11-7-10-18(3)4)12-14-8-9-15(20-5)13(2)16(14)17/h8-9H,6-7,10-12H2,1-5H3. The van der Waals surface area contributed by atoms with Gasteiger partial charge in [-0.1, -0.05) is 24.6 Å². The Morgan fingerprint density at radius 1 is 1.20 bits per heavy atom. The van der Waals surface area contributed by atoms with E-state index in [1.807, 2.05) is 13.0 Å². The molecule has 0 bridgehead atoms. The summed E-state index contributed by atoms with van der Waals surface area (Å²) >= 11 is 6.45. The number of methoxy groups -OCH3 is 1. The smallest absolute Gasteiger partial charge is 0.123 e. The Bertz CT molecular complexity index is 421. The second-order valence-electron chi connectivity index (χ2n) is 5.39. The maximum Gasteiger partial charge on any atom is 0.123 e. The Morgan fingerprint density at radius 3 is 2.45 bits per heavy atom. The van der Waals surface area contributed by atoms with Crippen molar-refractivity contribution in [2.75, 3.05) is 40.8 Å². The Morgan fingerprint density at radius 2 is 1.90 bits per heavy atom. The van der Waals surface area contributed by atoms with Crippen molar-refractivity contribution in [1.82, 2.24) is 9.80 Å². The van der Waals surface area contributed by atoms with Gasteiger partial charge in [0.1, 0.15) is 5.75 Å². The molecule has 0 saturated carbocycles. The minimum Gasteiger partial charge on any atom is -0.496 e. The molecule has 0 spiro atoms. The van der Waals surface area contributed by atoms with E-state index in [0.29, 0.717) is 0 Å². The van der Waals surface area contributed by atoms with E-state index >= 15 is 0 Å². The van der Waals surface area contributed by atoms with Gasteiger partial charge in [-0.3, -0.25) is 4.90 Å². The van der Waals surface area contributed by atoms with Crippen LogP contribution in [0.25, 0.3) is 0 Å². The average molecular weight is 299 g/mol. The number of halogens is 1. The highest BCUT2D eigenvalue weighted by Crippen LogP contribution is 2.29. The van der Waals surface area contributed by atoms with Gasteiger partial charge in [0.25, 0.3) is 0 Å². The molecule has 0 heterocycles. The number of ether oxygens (including phenoxy) is 1. The van der Waals surface area contributed by atoms with E-state index in [9.17, 15) is 0 Å². The number of nitrogens with zero attached hydrogens (tertiary/aromatic N) is 2. The molecule has 0 atom stereocenters. The monoisotopic (exact) mass is 298 g/mol. The zero-order valence-electron chi connectivity index (χ0n) is 13.4. The molecule has 0 saturated heterocycles. The van der Waals surface area contributed by atoms with Crippen LogP contribution in [0.2, 0.25) is 5.02 Å². The van der Waals surface area contributed by atoms with Crippen molar-refractivity contribution < 1.29 is 4.74 Å². The van der Waals surface area contributed by atoms with Crippen molar-refractivity contribution in [3.05, 3.63) is 28.3 Å². The van der Waals surface area contributed by atoms with Gasteiger partial charge in [-0.25, -0.2) is 0 Å². The van der Waals surface area contributed by atoms with Gasteiger partial charge >= 0.3 is 0 Å². The zero-order valence-corrected chi connectivity index (χ0v) is 14.1. The average Bonchev–Trinajstić information content (AvgIpc) is 2.42. The first-order valence-corrected chi connectivity index (χ1v) is 7.56. The minimum absolute atomic E-state index is 0.829. The second kappa shape index (κ2) is 8.50. The summed E-state index contributed by atoms with van der Waals surface area (Å²) in [6.45, 7) is 8.34. The van der Waals surface area contributed by atoms with E-state index in [0.717, 1.165) is 42.5 Å². The van der Waals surface area contributed by atoms with E-state index in [1.54, 1.807) is 7.11 Å². The Kier molecular flexibility index (Phi) is 7.35. The molecule has 0 aliphatic carbocycles. The van der Waals surface area contributed by atoms with E-state index in [4.69, 9.17) is 16.3 Å². The normalized spacial score (nSPS) is 11.4. The third kappa shape index (κ3) is 4.97. The van der Waals surface area contributed by atoms with E-state index in [2.05, 4.69) is 36.9 Å². The van der Waals surface area contributed by atoms with Gasteiger partial charge < -0.3 is 9.64 Å². The largest absolute Gasteiger partial charge is 0.496 e. The summed E-state index contributed by atoms with van der Waals surface area (Å²) in [5.74, 6) is 0.856. The van der Waals surface area contributed by atoms with Crippen molar-refractivity contribution in [3.63, 3.8) is 0 Å². The van der Waals surface area contributed by atoms with Crippen LogP contribution < -0.4 is 4.74 Å². The molecule has 0 radical (unpaired) electrons. The SMILES string of the molecule is CCN(CCCN(C)C)Cc1ccc(OC)c(C)c1Cl. The Balaban J connectivity index is 2.68. The number of benzene rings is 1. The predicted molar refractivity (Wildman–Crippen MR) is 86.9 cm³/mol. The van der Waals surface area contributed by atoms with Gasteiger partial charge in [-0.05, 0) is 58.7 Å². The Labute approximate surface area is 128 Å². The number of hydrogen-bond donors (Lipinski definition) is 0. The summed E-state index contributed by atoms with van der Waals surface area (Å²) in [4.78, 5) is 4.65. The van der Waals surface area contributed by atoms with Crippen LogP contribution in [-0.2, 0) is 6.54 Å². The van der Waals surface area contributed by atoms with Crippen molar-refractivity contribution >= 4 is 11.6 Å². The van der Waals surface area contributed by atoms with Gasteiger partial charge in [0.2, 0.25) is 0 Å². The molecule has 114 valence electrons. The third-order valence-electron chi connectivity index (χ3n) is 3.56. The zero-order chi connectivity index (χ0) is 15.1. The summed E-state index contributed by atoms with van der Waals surface area (Å²) in [5.41, 5.74) is 2.20. The fraction of sp³-hybridized carbons (Fsp3) is 0.625. The molecule has 1 rings (SSSR count). The highest BCUT2D eigenvalue weighted by atomic mass is 35.5. The van der Waals surface area contributed by atoms with Crippen LogP contribution in [0.3, 0.4) is 0 Å². The number of hydrogen-bond acceptors (Lipinski definition) is 3. The first-order valence-electron chi connectivity index (χ1n) is 7.18. The van der Waals surface area contributed by atoms with Gasteiger partial charge in [-0.15, -0.1) is 0 Å². The summed E-state index contributed by atoms with van der Waals surface area (Å²) in [7, 11) is 5.90. The van der Waals surface area contributed by atoms with E-state index in [1.165, 1.54) is 12.0 Å². The lowest BCUT2D eigenvalue weighted by Gasteiger charge is -2.22. The maximum absolute atomic E-state index is 6.45. The van der Waals surface area contributed by atoms with Crippen molar-refractivity contribution in [3.8, 4) is 5.75 Å². The molecule has 3 nitrogen and oxygen atoms in total. The molecule has 20 heavy (non-hydrogen) atoms. The lowest BCUT2D eigenvalue weighted by molar-refractivity contribution is 0.259. The molecule has 0 aliphatic rings. The molecule has 0 unspecified atom stereocenters. The van der Waals surface area contributed by atoms with Crippen LogP contribution in [0.4, 0.5) is 0 Å². The molecule has 0 amide bonds. The molecule has 0 fully saturated rings. The van der Waals surface area contributed by atoms with E-state index < -0.39 is 0 Å². The lowest BCUT2D eigenvalue weighted by atomic mass is 10.1. The van der Waals surface area contributed by atoms with Crippen LogP contribution in [-0.4, -0.2) is 50.6 Å². The van der Waals surface area contributed by atoms with Crippen molar-refractivity contribution in [1.29, 1.82) is 0 Å². The molecule has 0 N–H and O–H groups in total. The van der Waals surface area contributed by atoms with E-state index in [-0.39, 0.29) is 0 Å². The van der Waals surface area contributed by atoms with Gasteiger partial charge in [0.15, 0.2) is 0 Å². The van der Waals surface area contributed by atoms with Gasteiger partial charge in [0, 0.05) is 12.1 Å². The second-order valence-corrected chi connectivity index (χ2v) is 5.77. The van der Waals surface area contributed by atoms with Crippen LogP contribution in [0, 0.1) is 6.92 Å². The van der Waals surface area contributed by atoms with Crippen LogP contribution in [0.1, 0.15) is 24.5 Å². The summed E-state index contributed by atoms with van der Waals surface area (Å²) in [6.07, 6.45) is 1.17. The van der Waals surface area contributed by atoms with Crippen LogP contribution >= 0.6 is 11.6 Å². The topological polar surface area (TPSA) is 15.7 Å². The minimum atomic E-state index is 0.829. The van der Waals surface area contributed by atoms with Crippen LogP contribution in [0.15, 0.2) is 12.1 Å². The number of rotatable bonds is 8. The highest BCUT2D eigenvalue weighted by molar-refractivity contribution is 6.32. The summed E-state index contributed by atoms with van der Waals surface area (Å²) < 4.78 is 5.30. The van der Waals surface area contributed by atoms with Crippen molar-refractivity contribution in [2.45, 2.75) is 26.8 Å². The predicted octanol–water partition coefficient (Wildman–Crippen LogP) is 3.43. The van der Waals surface area contributed by atoms with Crippen molar-refractivity contribution in [2.24, 2.45) is 0 Å². The quantitative estimate of drug-likeness (QED) is 0.731. The molecular formula is C16H27ClN2O. The fourth-order valence-electron chi connectivity index (χ4n) is 2.27. The van der Waals surface area contributed by atoms with Crippen LogP contribution in [0.5, 0.6) is 5.75 Å². The first-order chi connectivity index (χ1) is 9.49. The molecule has 0 aromatic heterocycles. The summed E-state index contributed by atoms with van der Waals surface area (Å²) in [5, 5.41) is 0.829. The Hall–Kier alpha value is -0.770. The fourth-order valence-corrected chi connectivity index (χ4v) is 2.48. The maximum atomic E-state index is 6.45. The molecule has 1 aromatic carbocycles. The molecule has 1 aromatic rings. The first kappa shape index (κ1) is 17.3.